The van der Waals surface area contributed by atoms with Gasteiger partial charge >= 0.3 is 0 Å². The van der Waals surface area contributed by atoms with Crippen LogP contribution in [0, 0.1) is 0 Å². The van der Waals surface area contributed by atoms with Gasteiger partial charge in [0.05, 0.1) is 13.7 Å². The van der Waals surface area contributed by atoms with Gasteiger partial charge in [0.25, 0.3) is 0 Å². The molecule has 0 heterocycles. The maximum atomic E-state index is 6.57. The van der Waals surface area contributed by atoms with E-state index in [4.69, 9.17) is 15.2 Å². The summed E-state index contributed by atoms with van der Waals surface area (Å²) in [5, 5.41) is 0. The van der Waals surface area contributed by atoms with E-state index in [1.807, 2.05) is 6.07 Å². The summed E-state index contributed by atoms with van der Waals surface area (Å²) < 4.78 is 10.6. The summed E-state index contributed by atoms with van der Waals surface area (Å²) in [6, 6.07) is 7.08. The molecule has 2 rings (SSSR count). The molecule has 0 radical (unpaired) electrons. The highest BCUT2D eigenvalue weighted by molar-refractivity contribution is 5.40. The Morgan fingerprint density at radius 3 is 2.76 bits per heavy atom. The maximum Gasteiger partial charge on any atom is 0.119 e. The number of fused-ring (bicyclic) bond motifs is 1. The number of aryl methyl sites for hydroxylation is 1. The average molecular weight is 292 g/mol. The third-order valence-electron chi connectivity index (χ3n) is 4.60. The van der Waals surface area contributed by atoms with Gasteiger partial charge in [0.2, 0.25) is 0 Å². The predicted molar refractivity (Wildman–Crippen MR) is 85.7 cm³/mol. The Kier molecular flexibility index (Phi) is 5.62. The highest BCUT2D eigenvalue weighted by Crippen LogP contribution is 2.34. The molecule has 21 heavy (non-hydrogen) atoms. The third kappa shape index (κ3) is 3.39. The van der Waals surface area contributed by atoms with Crippen molar-refractivity contribution in [3.63, 3.8) is 0 Å². The van der Waals surface area contributed by atoms with E-state index in [0.29, 0.717) is 12.1 Å². The van der Waals surface area contributed by atoms with Crippen LogP contribution in [0.25, 0.3) is 0 Å². The van der Waals surface area contributed by atoms with Crippen LogP contribution in [-0.2, 0) is 11.2 Å². The lowest BCUT2D eigenvalue weighted by Gasteiger charge is -2.42. The number of methoxy groups -OCH3 is 2. The molecule has 0 fully saturated rings. The Hall–Kier alpha value is -1.10. The molecule has 0 spiro atoms. The molecule has 0 saturated carbocycles. The molecule has 3 atom stereocenters. The van der Waals surface area contributed by atoms with Crippen LogP contribution < -0.4 is 10.5 Å². The molecule has 118 valence electrons. The van der Waals surface area contributed by atoms with Crippen LogP contribution in [0.15, 0.2) is 18.2 Å². The first-order chi connectivity index (χ1) is 10.1. The Morgan fingerprint density at radius 2 is 2.14 bits per heavy atom. The maximum absolute atomic E-state index is 6.57. The molecular weight excluding hydrogens is 264 g/mol. The number of nitrogens with two attached hydrogens (primary N) is 1. The smallest absolute Gasteiger partial charge is 0.119 e. The van der Waals surface area contributed by atoms with Crippen molar-refractivity contribution in [3.05, 3.63) is 29.3 Å². The van der Waals surface area contributed by atoms with Crippen molar-refractivity contribution in [2.45, 2.75) is 44.8 Å². The minimum absolute atomic E-state index is 0.0545. The number of nitrogens with zero attached hydrogens (tertiary/aromatic N) is 1. The monoisotopic (exact) mass is 292 g/mol. The van der Waals surface area contributed by atoms with Gasteiger partial charge < -0.3 is 15.2 Å². The van der Waals surface area contributed by atoms with E-state index in [9.17, 15) is 0 Å². The molecule has 1 aromatic carbocycles. The minimum atomic E-state index is 0.0545. The molecule has 0 bridgehead atoms. The zero-order valence-electron chi connectivity index (χ0n) is 13.6. The summed E-state index contributed by atoms with van der Waals surface area (Å²) in [6.45, 7) is 6.15. The SMILES string of the molecule is CCN(C(C)COC)C1CCc2cc(OC)ccc2C1N. The Bertz CT molecular complexity index is 464. The van der Waals surface area contributed by atoms with Crippen molar-refractivity contribution in [2.24, 2.45) is 5.73 Å². The van der Waals surface area contributed by atoms with E-state index in [1.165, 1.54) is 11.1 Å². The van der Waals surface area contributed by atoms with Gasteiger partial charge in [-0.05, 0) is 49.6 Å². The zero-order chi connectivity index (χ0) is 15.4. The Labute approximate surface area is 128 Å². The highest BCUT2D eigenvalue weighted by Gasteiger charge is 2.32. The number of rotatable bonds is 6. The molecule has 1 aromatic rings. The largest absolute Gasteiger partial charge is 0.497 e. The molecule has 0 saturated heterocycles. The van der Waals surface area contributed by atoms with Crippen molar-refractivity contribution in [1.29, 1.82) is 0 Å². The highest BCUT2D eigenvalue weighted by atomic mass is 16.5. The van der Waals surface area contributed by atoms with Crippen molar-refractivity contribution < 1.29 is 9.47 Å². The van der Waals surface area contributed by atoms with E-state index in [-0.39, 0.29) is 6.04 Å². The molecule has 1 aliphatic rings. The first-order valence-corrected chi connectivity index (χ1v) is 7.79. The molecule has 2 N–H and O–H groups in total. The quantitative estimate of drug-likeness (QED) is 0.874. The zero-order valence-corrected chi connectivity index (χ0v) is 13.6. The van der Waals surface area contributed by atoms with E-state index in [1.54, 1.807) is 14.2 Å². The molecule has 0 aliphatic heterocycles. The van der Waals surface area contributed by atoms with Crippen LogP contribution in [0.4, 0.5) is 0 Å². The van der Waals surface area contributed by atoms with Crippen molar-refractivity contribution in [3.8, 4) is 5.75 Å². The number of ether oxygens (including phenoxy) is 2. The van der Waals surface area contributed by atoms with E-state index in [0.717, 1.165) is 31.7 Å². The lowest BCUT2D eigenvalue weighted by Crippen LogP contribution is -2.50. The standard InChI is InChI=1S/C17H28N2O2/c1-5-19(12(2)11-20-3)16-9-6-13-10-14(21-4)7-8-15(13)17(16)18/h7-8,10,12,16-17H,5-6,9,11,18H2,1-4H3. The average Bonchev–Trinajstić information content (AvgIpc) is 2.50. The molecule has 4 heteroatoms. The lowest BCUT2D eigenvalue weighted by molar-refractivity contribution is 0.0578. The van der Waals surface area contributed by atoms with Gasteiger partial charge in [0.15, 0.2) is 0 Å². The van der Waals surface area contributed by atoms with Gasteiger partial charge in [-0.1, -0.05) is 13.0 Å². The lowest BCUT2D eigenvalue weighted by atomic mass is 9.83. The van der Waals surface area contributed by atoms with Crippen LogP contribution in [0.1, 0.15) is 37.4 Å². The summed E-state index contributed by atoms with van der Waals surface area (Å²) in [6.07, 6.45) is 2.14. The van der Waals surface area contributed by atoms with Crippen LogP contribution >= 0.6 is 0 Å². The second-order valence-corrected chi connectivity index (χ2v) is 5.83. The second-order valence-electron chi connectivity index (χ2n) is 5.83. The summed E-state index contributed by atoms with van der Waals surface area (Å²) in [4.78, 5) is 2.47. The van der Waals surface area contributed by atoms with Gasteiger partial charge in [-0.25, -0.2) is 0 Å². The molecule has 1 aliphatic carbocycles. The fourth-order valence-electron chi connectivity index (χ4n) is 3.52. The van der Waals surface area contributed by atoms with E-state index < -0.39 is 0 Å². The molecule has 4 nitrogen and oxygen atoms in total. The van der Waals surface area contributed by atoms with Crippen molar-refractivity contribution in [1.82, 2.24) is 4.90 Å². The van der Waals surface area contributed by atoms with Crippen molar-refractivity contribution in [2.75, 3.05) is 27.4 Å². The minimum Gasteiger partial charge on any atom is -0.497 e. The van der Waals surface area contributed by atoms with Crippen LogP contribution in [0.3, 0.4) is 0 Å². The number of hydrogen-bond acceptors (Lipinski definition) is 4. The predicted octanol–water partition coefficient (Wildman–Crippen LogP) is 2.37. The van der Waals surface area contributed by atoms with Gasteiger partial charge in [-0.15, -0.1) is 0 Å². The number of hydrogen-bond donors (Lipinski definition) is 1. The second kappa shape index (κ2) is 7.25. The van der Waals surface area contributed by atoms with Crippen molar-refractivity contribution >= 4 is 0 Å². The number of benzene rings is 1. The number of likely N-dealkylation sites (N-methyl/N-ethyl adjacent to an activating group) is 1. The van der Waals surface area contributed by atoms with Gasteiger partial charge in [0.1, 0.15) is 5.75 Å². The first-order valence-electron chi connectivity index (χ1n) is 7.79. The normalized spacial score (nSPS) is 23.0. The van der Waals surface area contributed by atoms with Gasteiger partial charge in [-0.2, -0.15) is 0 Å². The fraction of sp³-hybridized carbons (Fsp3) is 0.647. The van der Waals surface area contributed by atoms with Gasteiger partial charge in [-0.3, -0.25) is 4.90 Å². The topological polar surface area (TPSA) is 47.7 Å². The van der Waals surface area contributed by atoms with E-state index in [2.05, 4.69) is 30.9 Å². The molecule has 0 aromatic heterocycles. The fourth-order valence-corrected chi connectivity index (χ4v) is 3.52. The summed E-state index contributed by atoms with van der Waals surface area (Å²) >= 11 is 0. The third-order valence-corrected chi connectivity index (χ3v) is 4.60. The van der Waals surface area contributed by atoms with Crippen LogP contribution in [0.2, 0.25) is 0 Å². The molecular formula is C17H28N2O2. The van der Waals surface area contributed by atoms with E-state index >= 15 is 0 Å². The summed E-state index contributed by atoms with van der Waals surface area (Å²) in [7, 11) is 3.46. The summed E-state index contributed by atoms with van der Waals surface area (Å²) in [5.41, 5.74) is 9.16. The van der Waals surface area contributed by atoms with Gasteiger partial charge in [0, 0.05) is 25.2 Å². The molecule has 3 unspecified atom stereocenters. The Balaban J connectivity index is 2.20. The van der Waals surface area contributed by atoms with Crippen LogP contribution in [-0.4, -0.2) is 44.4 Å². The van der Waals surface area contributed by atoms with Crippen LogP contribution in [0.5, 0.6) is 5.75 Å². The first kappa shape index (κ1) is 16.3. The summed E-state index contributed by atoms with van der Waals surface area (Å²) in [5.74, 6) is 0.916. The molecule has 0 amide bonds. The Morgan fingerprint density at radius 1 is 1.38 bits per heavy atom.